The largest absolute Gasteiger partial charge is 0.492 e. The van der Waals surface area contributed by atoms with E-state index in [2.05, 4.69) is 15.5 Å². The second-order valence-corrected chi connectivity index (χ2v) is 6.72. The van der Waals surface area contributed by atoms with Gasteiger partial charge in [-0.15, -0.1) is 11.3 Å². The third-order valence-corrected chi connectivity index (χ3v) is 4.75. The van der Waals surface area contributed by atoms with E-state index in [0.717, 1.165) is 10.7 Å². The smallest absolute Gasteiger partial charge is 0.221 e. The molecule has 6 nitrogen and oxygen atoms in total. The van der Waals surface area contributed by atoms with E-state index in [1.165, 1.54) is 12.1 Å². The number of rotatable bonds is 8. The molecule has 2 N–H and O–H groups in total. The van der Waals surface area contributed by atoms with E-state index < -0.39 is 0 Å². The van der Waals surface area contributed by atoms with Gasteiger partial charge in [-0.2, -0.15) is 5.10 Å². The van der Waals surface area contributed by atoms with E-state index in [4.69, 9.17) is 17.0 Å². The van der Waals surface area contributed by atoms with Gasteiger partial charge >= 0.3 is 0 Å². The first-order chi connectivity index (χ1) is 12.6. The van der Waals surface area contributed by atoms with E-state index in [-0.39, 0.29) is 18.1 Å². The lowest BCUT2D eigenvalue weighted by atomic mass is 10.3. The predicted octanol–water partition coefficient (Wildman–Crippen LogP) is 3.39. The lowest BCUT2D eigenvalue weighted by Crippen LogP contribution is -2.28. The van der Waals surface area contributed by atoms with Crippen LogP contribution in [0, 0.1) is 10.6 Å². The molecular formula is C17H17FN4O2S2. The first kappa shape index (κ1) is 18.3. The highest BCUT2D eigenvalue weighted by molar-refractivity contribution is 7.71. The Kier molecular flexibility index (Phi) is 6.13. The number of benzene rings is 1. The van der Waals surface area contributed by atoms with Crippen LogP contribution < -0.4 is 10.1 Å². The molecule has 9 heteroatoms. The molecule has 0 aliphatic rings. The second kappa shape index (κ2) is 8.72. The average Bonchev–Trinajstić information content (AvgIpc) is 3.28. The molecule has 0 saturated carbocycles. The van der Waals surface area contributed by atoms with Crippen LogP contribution in [-0.2, 0) is 11.3 Å². The molecule has 136 valence electrons. The molecule has 0 fully saturated rings. The van der Waals surface area contributed by atoms with Crippen LogP contribution in [0.25, 0.3) is 10.7 Å². The number of aromatic amines is 1. The van der Waals surface area contributed by atoms with E-state index in [1.807, 2.05) is 22.1 Å². The van der Waals surface area contributed by atoms with Crippen molar-refractivity contribution in [3.05, 3.63) is 52.4 Å². The summed E-state index contributed by atoms with van der Waals surface area (Å²) in [6, 6.07) is 9.64. The lowest BCUT2D eigenvalue weighted by molar-refractivity contribution is -0.121. The van der Waals surface area contributed by atoms with Crippen molar-refractivity contribution in [2.24, 2.45) is 0 Å². The molecule has 0 aliphatic heterocycles. The molecule has 2 aromatic heterocycles. The molecule has 0 spiro atoms. The van der Waals surface area contributed by atoms with Gasteiger partial charge in [0.05, 0.1) is 11.4 Å². The number of ether oxygens (including phenoxy) is 1. The summed E-state index contributed by atoms with van der Waals surface area (Å²) in [4.78, 5) is 13.0. The maximum Gasteiger partial charge on any atom is 0.221 e. The highest BCUT2D eigenvalue weighted by atomic mass is 32.1. The maximum absolute atomic E-state index is 12.8. The number of thiophene rings is 1. The zero-order valence-corrected chi connectivity index (χ0v) is 15.4. The Hall–Kier alpha value is -2.52. The number of aromatic nitrogens is 3. The molecule has 0 atom stereocenters. The third-order valence-electron chi connectivity index (χ3n) is 3.57. The van der Waals surface area contributed by atoms with Crippen molar-refractivity contribution >= 4 is 29.5 Å². The minimum Gasteiger partial charge on any atom is -0.492 e. The van der Waals surface area contributed by atoms with Gasteiger partial charge in [0.15, 0.2) is 10.6 Å². The molecular weight excluding hydrogens is 375 g/mol. The third kappa shape index (κ3) is 4.77. The number of hydrogen-bond acceptors (Lipinski definition) is 5. The number of nitrogens with one attached hydrogen (secondary N) is 2. The first-order valence-electron chi connectivity index (χ1n) is 7.97. The van der Waals surface area contributed by atoms with Crippen LogP contribution >= 0.6 is 23.6 Å². The van der Waals surface area contributed by atoms with Gasteiger partial charge in [-0.1, -0.05) is 6.07 Å². The molecule has 3 aromatic rings. The summed E-state index contributed by atoms with van der Waals surface area (Å²) in [6.45, 7) is 1.11. The Morgan fingerprint density at radius 1 is 1.35 bits per heavy atom. The van der Waals surface area contributed by atoms with Gasteiger partial charge in [0.2, 0.25) is 5.91 Å². The normalized spacial score (nSPS) is 10.7. The molecule has 1 amide bonds. The second-order valence-electron chi connectivity index (χ2n) is 5.38. The van der Waals surface area contributed by atoms with Crippen LogP contribution in [0.4, 0.5) is 4.39 Å². The van der Waals surface area contributed by atoms with Gasteiger partial charge in [-0.25, -0.2) is 4.39 Å². The summed E-state index contributed by atoms with van der Waals surface area (Å²) in [7, 11) is 0. The van der Waals surface area contributed by atoms with Crippen molar-refractivity contribution < 1.29 is 13.9 Å². The van der Waals surface area contributed by atoms with Gasteiger partial charge in [-0.05, 0) is 47.9 Å². The van der Waals surface area contributed by atoms with Gasteiger partial charge in [-0.3, -0.25) is 14.5 Å². The fourth-order valence-corrected chi connectivity index (χ4v) is 3.26. The molecule has 1 aromatic carbocycles. The Morgan fingerprint density at radius 3 is 2.88 bits per heavy atom. The molecule has 0 aliphatic carbocycles. The molecule has 0 bridgehead atoms. The van der Waals surface area contributed by atoms with Crippen molar-refractivity contribution in [3.8, 4) is 16.5 Å². The maximum atomic E-state index is 12.8. The van der Waals surface area contributed by atoms with E-state index in [9.17, 15) is 9.18 Å². The molecule has 0 saturated heterocycles. The quantitative estimate of drug-likeness (QED) is 0.455. The van der Waals surface area contributed by atoms with Crippen molar-refractivity contribution in [2.45, 2.75) is 13.0 Å². The van der Waals surface area contributed by atoms with Gasteiger partial charge in [0, 0.05) is 13.0 Å². The number of carbonyl (C=O) groups is 1. The highest BCUT2D eigenvalue weighted by Gasteiger charge is 2.11. The van der Waals surface area contributed by atoms with Crippen molar-refractivity contribution in [1.82, 2.24) is 20.1 Å². The molecule has 0 unspecified atom stereocenters. The molecule has 3 rings (SSSR count). The Labute approximate surface area is 158 Å². The van der Waals surface area contributed by atoms with Crippen LogP contribution in [0.3, 0.4) is 0 Å². The summed E-state index contributed by atoms with van der Waals surface area (Å²) < 4.78 is 20.5. The van der Waals surface area contributed by atoms with Gasteiger partial charge in [0.25, 0.3) is 0 Å². The van der Waals surface area contributed by atoms with Crippen LogP contribution in [0.1, 0.15) is 6.42 Å². The van der Waals surface area contributed by atoms with Crippen molar-refractivity contribution in [2.75, 3.05) is 13.2 Å². The Bertz CT molecular complexity index is 904. The monoisotopic (exact) mass is 392 g/mol. The summed E-state index contributed by atoms with van der Waals surface area (Å²) in [6.07, 6.45) is 0.281. The van der Waals surface area contributed by atoms with E-state index in [0.29, 0.717) is 30.2 Å². The van der Waals surface area contributed by atoms with Gasteiger partial charge in [0.1, 0.15) is 18.2 Å². The summed E-state index contributed by atoms with van der Waals surface area (Å²) in [5.74, 6) is 0.877. The number of amides is 1. The molecule has 26 heavy (non-hydrogen) atoms. The van der Waals surface area contributed by atoms with Gasteiger partial charge < -0.3 is 10.1 Å². The fraction of sp³-hybridized carbons (Fsp3) is 0.235. The summed E-state index contributed by atoms with van der Waals surface area (Å²) >= 11 is 6.80. The minimum absolute atomic E-state index is 0.104. The number of nitrogens with zero attached hydrogens (tertiary/aromatic N) is 2. The topological polar surface area (TPSA) is 71.9 Å². The van der Waals surface area contributed by atoms with Crippen LogP contribution in [0.2, 0.25) is 0 Å². The predicted molar refractivity (Wildman–Crippen MR) is 100 cm³/mol. The molecule has 0 radical (unpaired) electrons. The SMILES string of the molecule is O=C(CCn1c(-c2cccs2)n[nH]c1=S)NCCOc1ccc(F)cc1. The lowest BCUT2D eigenvalue weighted by Gasteiger charge is -2.09. The molecule has 2 heterocycles. The Balaban J connectivity index is 1.44. The Morgan fingerprint density at radius 2 is 2.15 bits per heavy atom. The summed E-state index contributed by atoms with van der Waals surface area (Å²) in [5, 5.41) is 11.7. The standard InChI is InChI=1S/C17H17FN4O2S2/c18-12-3-5-13(6-4-12)24-10-8-19-15(23)7-9-22-16(20-21-17(22)25)14-2-1-11-26-14/h1-6,11H,7-10H2,(H,19,23)(H,21,25). The summed E-state index contributed by atoms with van der Waals surface area (Å²) in [5.41, 5.74) is 0. The van der Waals surface area contributed by atoms with E-state index >= 15 is 0 Å². The fourth-order valence-electron chi connectivity index (χ4n) is 2.31. The zero-order chi connectivity index (χ0) is 18.4. The van der Waals surface area contributed by atoms with Crippen LogP contribution in [-0.4, -0.2) is 33.8 Å². The van der Waals surface area contributed by atoms with Crippen molar-refractivity contribution in [3.63, 3.8) is 0 Å². The first-order valence-corrected chi connectivity index (χ1v) is 9.26. The number of hydrogen-bond donors (Lipinski definition) is 2. The van der Waals surface area contributed by atoms with E-state index in [1.54, 1.807) is 23.5 Å². The number of carbonyl (C=O) groups excluding carboxylic acids is 1. The highest BCUT2D eigenvalue weighted by Crippen LogP contribution is 2.22. The minimum atomic E-state index is -0.314. The van der Waals surface area contributed by atoms with Crippen LogP contribution in [0.5, 0.6) is 5.75 Å². The van der Waals surface area contributed by atoms with Crippen molar-refractivity contribution in [1.29, 1.82) is 0 Å². The average molecular weight is 392 g/mol. The zero-order valence-electron chi connectivity index (χ0n) is 13.8. The number of H-pyrrole nitrogens is 1. The van der Waals surface area contributed by atoms with Crippen LogP contribution in [0.15, 0.2) is 41.8 Å². The number of halogens is 1.